The summed E-state index contributed by atoms with van der Waals surface area (Å²) in [6.07, 6.45) is 0. The van der Waals surface area contributed by atoms with Crippen molar-refractivity contribution in [2.75, 3.05) is 0 Å². The van der Waals surface area contributed by atoms with E-state index >= 15 is 0 Å². The number of para-hydroxylation sites is 8. The molecule has 8 heteroatoms. The molecule has 0 atom stereocenters. The Hall–Kier alpha value is -11.4. The van der Waals surface area contributed by atoms with Crippen LogP contribution in [0.4, 0.5) is 0 Å². The number of nitrogens with zero attached hydrogens (tertiary/aromatic N) is 8. The zero-order chi connectivity index (χ0) is 54.3. The van der Waals surface area contributed by atoms with Gasteiger partial charge in [-0.2, -0.15) is 15.0 Å². The zero-order valence-electron chi connectivity index (χ0n) is 44.6. The molecular formula is C75H46N8. The highest BCUT2D eigenvalue weighted by Gasteiger charge is 2.26. The number of hydrogen-bond donors (Lipinski definition) is 0. The standard InChI is InChI=1S/C75H46N8/c1-3-21-47(22-4-1)73-76-74(82-66-37-19-12-30-56(66)59-44-49(40-42-69(59)82)48-39-41-68-58(43-48)55-29-11-14-32-61(55)79(68)50-23-5-2-6-24-50)78-75(77-73)83-67-38-20-13-31-57(67)60-45-71(80-62-33-15-7-25-51(62)52-26-8-16-34-63(52)80)72(46-70(60)83)81-64-35-17-9-27-53(64)54-28-10-18-36-65(54)81/h1-46H. The highest BCUT2D eigenvalue weighted by Crippen LogP contribution is 2.44. The van der Waals surface area contributed by atoms with Crippen LogP contribution in [0.25, 0.3) is 161 Å². The second kappa shape index (κ2) is 17.6. The lowest BCUT2D eigenvalue weighted by molar-refractivity contribution is 0.892. The molecule has 18 aromatic rings. The van der Waals surface area contributed by atoms with Crippen molar-refractivity contribution in [3.63, 3.8) is 0 Å². The lowest BCUT2D eigenvalue weighted by Gasteiger charge is -2.18. The molecule has 0 fully saturated rings. The summed E-state index contributed by atoms with van der Waals surface area (Å²) < 4.78 is 11.8. The van der Waals surface area contributed by atoms with Gasteiger partial charge >= 0.3 is 0 Å². The van der Waals surface area contributed by atoms with Crippen molar-refractivity contribution in [2.24, 2.45) is 0 Å². The first-order chi connectivity index (χ1) is 41.2. The van der Waals surface area contributed by atoms with Crippen LogP contribution in [-0.4, -0.2) is 37.8 Å². The number of rotatable bonds is 7. The fourth-order valence-corrected chi connectivity index (χ4v) is 13.6. The molecule has 0 aliphatic carbocycles. The molecule has 8 nitrogen and oxygen atoms in total. The number of hydrogen-bond acceptors (Lipinski definition) is 3. The van der Waals surface area contributed by atoms with Gasteiger partial charge in [-0.3, -0.25) is 9.13 Å². The third kappa shape index (κ3) is 6.66. The van der Waals surface area contributed by atoms with E-state index in [1.807, 2.05) is 18.2 Å². The van der Waals surface area contributed by atoms with Crippen molar-refractivity contribution in [1.29, 1.82) is 0 Å². The van der Waals surface area contributed by atoms with Gasteiger partial charge in [0.05, 0.1) is 66.5 Å². The molecule has 12 aromatic carbocycles. The Morgan fingerprint density at radius 2 is 0.506 bits per heavy atom. The van der Waals surface area contributed by atoms with E-state index in [1.165, 1.54) is 43.4 Å². The summed E-state index contributed by atoms with van der Waals surface area (Å²) in [4.78, 5) is 16.6. The van der Waals surface area contributed by atoms with E-state index in [2.05, 4.69) is 284 Å². The van der Waals surface area contributed by atoms with Crippen LogP contribution in [0.2, 0.25) is 0 Å². The van der Waals surface area contributed by atoms with E-state index in [0.717, 1.165) is 99.4 Å². The van der Waals surface area contributed by atoms with Crippen molar-refractivity contribution in [3.8, 4) is 51.5 Å². The maximum atomic E-state index is 5.65. The molecule has 18 rings (SSSR count). The third-order valence-electron chi connectivity index (χ3n) is 17.1. The van der Waals surface area contributed by atoms with Gasteiger partial charge in [0, 0.05) is 65.1 Å². The van der Waals surface area contributed by atoms with E-state index in [9.17, 15) is 0 Å². The predicted octanol–water partition coefficient (Wildman–Crippen LogP) is 18.7. The molecule has 83 heavy (non-hydrogen) atoms. The first-order valence-electron chi connectivity index (χ1n) is 28.2. The van der Waals surface area contributed by atoms with Gasteiger partial charge in [0.15, 0.2) is 5.82 Å². The molecule has 0 bridgehead atoms. The summed E-state index contributed by atoms with van der Waals surface area (Å²) in [5, 5.41) is 11.6. The monoisotopic (exact) mass is 1060 g/mol. The number of benzene rings is 12. The molecule has 6 aromatic heterocycles. The van der Waals surface area contributed by atoms with Gasteiger partial charge in [0.25, 0.3) is 0 Å². The minimum absolute atomic E-state index is 0.517. The molecule has 6 heterocycles. The number of fused-ring (bicyclic) bond motifs is 15. The average molecular weight is 1060 g/mol. The van der Waals surface area contributed by atoms with Crippen LogP contribution in [0.3, 0.4) is 0 Å². The van der Waals surface area contributed by atoms with Crippen molar-refractivity contribution in [1.82, 2.24) is 37.8 Å². The van der Waals surface area contributed by atoms with Crippen molar-refractivity contribution >= 4 is 109 Å². The van der Waals surface area contributed by atoms with E-state index in [4.69, 9.17) is 15.0 Å². The average Bonchev–Trinajstić information content (AvgIpc) is 2.77. The van der Waals surface area contributed by atoms with Crippen LogP contribution < -0.4 is 0 Å². The molecule has 0 aliphatic rings. The van der Waals surface area contributed by atoms with Crippen LogP contribution in [0, 0.1) is 0 Å². The lowest BCUT2D eigenvalue weighted by atomic mass is 10.0. The van der Waals surface area contributed by atoms with Gasteiger partial charge in [-0.15, -0.1) is 0 Å². The Kier molecular flexibility index (Phi) is 9.64. The van der Waals surface area contributed by atoms with Crippen LogP contribution in [0.15, 0.2) is 279 Å². The summed E-state index contributed by atoms with van der Waals surface area (Å²) in [7, 11) is 0. The summed E-state index contributed by atoms with van der Waals surface area (Å²) >= 11 is 0. The van der Waals surface area contributed by atoms with E-state index in [1.54, 1.807) is 0 Å². The van der Waals surface area contributed by atoms with Gasteiger partial charge in [-0.05, 0) is 102 Å². The molecule has 0 saturated carbocycles. The highest BCUT2D eigenvalue weighted by molar-refractivity contribution is 6.16. The Morgan fingerprint density at radius 3 is 0.952 bits per heavy atom. The molecule has 0 unspecified atom stereocenters. The Balaban J connectivity index is 0.892. The Labute approximate surface area is 474 Å². The molecule has 386 valence electrons. The molecule has 0 amide bonds. The van der Waals surface area contributed by atoms with E-state index < -0.39 is 0 Å². The smallest absolute Gasteiger partial charge is 0.240 e. The Bertz CT molecular complexity index is 5590. The third-order valence-corrected chi connectivity index (χ3v) is 17.1. The van der Waals surface area contributed by atoms with Gasteiger partial charge in [-0.25, -0.2) is 0 Å². The maximum Gasteiger partial charge on any atom is 0.240 e. The van der Waals surface area contributed by atoms with Gasteiger partial charge in [0.2, 0.25) is 11.9 Å². The Morgan fingerprint density at radius 1 is 0.193 bits per heavy atom. The summed E-state index contributed by atoms with van der Waals surface area (Å²) in [6, 6.07) is 100. The quantitative estimate of drug-likeness (QED) is 0.160. The van der Waals surface area contributed by atoms with Crippen molar-refractivity contribution in [3.05, 3.63) is 279 Å². The summed E-state index contributed by atoms with van der Waals surface area (Å²) in [5.41, 5.74) is 17.3. The lowest BCUT2D eigenvalue weighted by Crippen LogP contribution is -2.10. The first-order valence-corrected chi connectivity index (χ1v) is 28.2. The minimum Gasteiger partial charge on any atom is -0.309 e. The maximum absolute atomic E-state index is 5.65. The topological polar surface area (TPSA) is 63.3 Å². The van der Waals surface area contributed by atoms with Crippen molar-refractivity contribution < 1.29 is 0 Å². The largest absolute Gasteiger partial charge is 0.309 e. The SMILES string of the molecule is c1ccc(-c2nc(-n3c4ccccc4c4cc(-c5ccc6c(c5)c5ccccc5n6-c5ccccc5)ccc43)nc(-n3c4ccccc4c4cc(-n5c6ccccc6c6ccccc65)c(-n5c6ccccc6c6ccccc65)cc43)n2)cc1. The minimum atomic E-state index is 0.517. The molecule has 0 aliphatic heterocycles. The van der Waals surface area contributed by atoms with E-state index in [0.29, 0.717) is 17.7 Å². The molecule has 0 radical (unpaired) electrons. The van der Waals surface area contributed by atoms with Crippen molar-refractivity contribution in [2.45, 2.75) is 0 Å². The van der Waals surface area contributed by atoms with E-state index in [-0.39, 0.29) is 0 Å². The first kappa shape index (κ1) is 45.5. The number of aromatic nitrogens is 8. The predicted molar refractivity (Wildman–Crippen MR) is 342 cm³/mol. The molecule has 0 spiro atoms. The fourth-order valence-electron chi connectivity index (χ4n) is 13.6. The highest BCUT2D eigenvalue weighted by atomic mass is 15.3. The second-order valence-electron chi connectivity index (χ2n) is 21.6. The van der Waals surface area contributed by atoms with Crippen LogP contribution in [-0.2, 0) is 0 Å². The van der Waals surface area contributed by atoms with Crippen LogP contribution >= 0.6 is 0 Å². The summed E-state index contributed by atoms with van der Waals surface area (Å²) in [6.45, 7) is 0. The van der Waals surface area contributed by atoms with Crippen LogP contribution in [0.1, 0.15) is 0 Å². The molecular weight excluding hydrogens is 1010 g/mol. The molecule has 0 saturated heterocycles. The fraction of sp³-hybridized carbons (Fsp3) is 0. The normalized spacial score (nSPS) is 12.1. The van der Waals surface area contributed by atoms with Gasteiger partial charge in [-0.1, -0.05) is 188 Å². The summed E-state index contributed by atoms with van der Waals surface area (Å²) in [5.74, 6) is 1.62. The zero-order valence-corrected chi connectivity index (χ0v) is 44.6. The van der Waals surface area contributed by atoms with Gasteiger partial charge < -0.3 is 13.7 Å². The second-order valence-corrected chi connectivity index (χ2v) is 21.6. The van der Waals surface area contributed by atoms with Crippen LogP contribution in [0.5, 0.6) is 0 Å². The molecule has 0 N–H and O–H groups in total. The van der Waals surface area contributed by atoms with Gasteiger partial charge in [0.1, 0.15) is 0 Å².